The Morgan fingerprint density at radius 1 is 1.04 bits per heavy atom. The lowest BCUT2D eigenvalue weighted by molar-refractivity contribution is -0.138. The van der Waals surface area contributed by atoms with Crippen LogP contribution in [0.3, 0.4) is 0 Å². The Bertz CT molecular complexity index is 1060. The number of nitrogens with two attached hydrogens (primary N) is 1. The molecule has 0 aliphatic carbocycles. The third-order valence-electron chi connectivity index (χ3n) is 4.00. The van der Waals surface area contributed by atoms with Gasteiger partial charge in [0.25, 0.3) is 0 Å². The highest BCUT2D eigenvalue weighted by Crippen LogP contribution is 2.23. The lowest BCUT2D eigenvalue weighted by Crippen LogP contribution is -2.32. The first-order valence-corrected chi connectivity index (χ1v) is 9.49. The van der Waals surface area contributed by atoms with Crippen molar-refractivity contribution in [3.8, 4) is 0 Å². The van der Waals surface area contributed by atoms with Crippen LogP contribution in [0.2, 0.25) is 0 Å². The van der Waals surface area contributed by atoms with Gasteiger partial charge in [-0.15, -0.1) is 0 Å². The standard InChI is InChI=1S/C11H11BrN2O2.C8H6BrN/c12-7-1-2-10-8(4-7)6(5-14-10)3-9(13)11(15)16;9-7-1-2-8-6(5-7)3-4-10-8/h1-2,4-5,9,14H,3,13H2,(H,15,16);1-5,10H/t9-;/m0./s1. The van der Waals surface area contributed by atoms with E-state index in [4.69, 9.17) is 10.8 Å². The van der Waals surface area contributed by atoms with Crippen LogP contribution in [0.4, 0.5) is 0 Å². The maximum absolute atomic E-state index is 10.7. The largest absolute Gasteiger partial charge is 0.480 e. The average Bonchev–Trinajstić information content (AvgIpc) is 3.22. The van der Waals surface area contributed by atoms with E-state index in [1.807, 2.05) is 30.5 Å². The van der Waals surface area contributed by atoms with E-state index in [0.29, 0.717) is 6.42 Å². The monoisotopic (exact) mass is 477 g/mol. The molecule has 0 aliphatic heterocycles. The van der Waals surface area contributed by atoms with Crippen molar-refractivity contribution in [1.29, 1.82) is 0 Å². The molecule has 0 saturated heterocycles. The molecule has 0 spiro atoms. The highest BCUT2D eigenvalue weighted by molar-refractivity contribution is 9.10. The van der Waals surface area contributed by atoms with Crippen LogP contribution < -0.4 is 5.73 Å². The zero-order valence-corrected chi connectivity index (χ0v) is 16.8. The van der Waals surface area contributed by atoms with Crippen LogP contribution >= 0.6 is 31.9 Å². The normalized spacial score (nSPS) is 12.0. The van der Waals surface area contributed by atoms with Crippen molar-refractivity contribution in [2.75, 3.05) is 0 Å². The van der Waals surface area contributed by atoms with Gasteiger partial charge in [0.1, 0.15) is 6.04 Å². The number of benzene rings is 2. The van der Waals surface area contributed by atoms with Gasteiger partial charge in [-0.1, -0.05) is 31.9 Å². The zero-order valence-electron chi connectivity index (χ0n) is 13.7. The second kappa shape index (κ2) is 8.07. The van der Waals surface area contributed by atoms with Gasteiger partial charge in [0, 0.05) is 49.6 Å². The van der Waals surface area contributed by atoms with Gasteiger partial charge in [0.15, 0.2) is 0 Å². The number of carboxylic acids is 1. The third-order valence-corrected chi connectivity index (χ3v) is 4.99. The Kier molecular flexibility index (Phi) is 5.80. The molecule has 0 radical (unpaired) electrons. The number of carbonyl (C=O) groups is 1. The Hall–Kier alpha value is -2.09. The summed E-state index contributed by atoms with van der Waals surface area (Å²) in [7, 11) is 0. The van der Waals surface area contributed by atoms with Crippen molar-refractivity contribution in [2.24, 2.45) is 5.73 Å². The van der Waals surface area contributed by atoms with Crippen LogP contribution in [0.5, 0.6) is 0 Å². The van der Waals surface area contributed by atoms with Gasteiger partial charge in [-0.05, 0) is 48.0 Å². The molecule has 0 unspecified atom stereocenters. The maximum atomic E-state index is 10.7. The summed E-state index contributed by atoms with van der Waals surface area (Å²) < 4.78 is 2.09. The molecule has 0 amide bonds. The molecule has 0 saturated carbocycles. The molecular formula is C19H17Br2N3O2. The summed E-state index contributed by atoms with van der Waals surface area (Å²) in [6.45, 7) is 0. The molecule has 4 rings (SSSR count). The van der Waals surface area contributed by atoms with Crippen molar-refractivity contribution in [2.45, 2.75) is 12.5 Å². The Morgan fingerprint density at radius 3 is 2.46 bits per heavy atom. The molecule has 0 fully saturated rings. The summed E-state index contributed by atoms with van der Waals surface area (Å²) in [4.78, 5) is 16.9. The SMILES string of the molecule is Brc1ccc2[nH]ccc2c1.N[C@@H](Cc1c[nH]c2ccc(Br)cc12)C(=O)O. The van der Waals surface area contributed by atoms with E-state index in [9.17, 15) is 4.79 Å². The summed E-state index contributed by atoms with van der Waals surface area (Å²) in [6.07, 6.45) is 4.07. The first-order chi connectivity index (χ1) is 12.4. The molecule has 0 bridgehead atoms. The predicted octanol–water partition coefficient (Wildman–Crippen LogP) is 4.82. The van der Waals surface area contributed by atoms with Gasteiger partial charge in [-0.25, -0.2) is 0 Å². The lowest BCUT2D eigenvalue weighted by Gasteiger charge is -2.04. The van der Waals surface area contributed by atoms with Crippen molar-refractivity contribution < 1.29 is 9.90 Å². The fourth-order valence-electron chi connectivity index (χ4n) is 2.67. The number of hydrogen-bond donors (Lipinski definition) is 4. The van der Waals surface area contributed by atoms with E-state index in [2.05, 4.69) is 60.0 Å². The number of aromatic nitrogens is 2. The van der Waals surface area contributed by atoms with Crippen molar-refractivity contribution in [3.05, 3.63) is 69.4 Å². The van der Waals surface area contributed by atoms with E-state index in [-0.39, 0.29) is 0 Å². The second-order valence-electron chi connectivity index (χ2n) is 5.86. The van der Waals surface area contributed by atoms with Crippen LogP contribution in [-0.4, -0.2) is 27.1 Å². The zero-order chi connectivity index (χ0) is 18.7. The summed E-state index contributed by atoms with van der Waals surface area (Å²) in [5.74, 6) is -0.982. The van der Waals surface area contributed by atoms with Crippen LogP contribution in [-0.2, 0) is 11.2 Å². The van der Waals surface area contributed by atoms with Crippen LogP contribution in [0.1, 0.15) is 5.56 Å². The predicted molar refractivity (Wildman–Crippen MR) is 111 cm³/mol. The fourth-order valence-corrected chi connectivity index (χ4v) is 3.41. The molecule has 2 heterocycles. The number of aliphatic carboxylic acids is 1. The minimum Gasteiger partial charge on any atom is -0.480 e. The van der Waals surface area contributed by atoms with Gasteiger partial charge in [0.05, 0.1) is 0 Å². The molecule has 134 valence electrons. The fraction of sp³-hybridized carbons (Fsp3) is 0.105. The van der Waals surface area contributed by atoms with Crippen molar-refractivity contribution in [1.82, 2.24) is 9.97 Å². The van der Waals surface area contributed by atoms with Gasteiger partial charge in [-0.3, -0.25) is 4.79 Å². The highest BCUT2D eigenvalue weighted by atomic mass is 79.9. The number of nitrogens with one attached hydrogen (secondary N) is 2. The molecule has 1 atom stereocenters. The molecule has 7 heteroatoms. The molecule has 0 aliphatic rings. The van der Waals surface area contributed by atoms with E-state index in [1.54, 1.807) is 6.20 Å². The summed E-state index contributed by atoms with van der Waals surface area (Å²) in [5, 5.41) is 11.0. The van der Waals surface area contributed by atoms with Gasteiger partial charge < -0.3 is 20.8 Å². The number of rotatable bonds is 3. The lowest BCUT2D eigenvalue weighted by atomic mass is 10.1. The summed E-state index contributed by atoms with van der Waals surface area (Å²) in [5.41, 5.74) is 8.60. The van der Waals surface area contributed by atoms with Crippen LogP contribution in [0.25, 0.3) is 21.8 Å². The van der Waals surface area contributed by atoms with E-state index in [0.717, 1.165) is 25.4 Å². The molecule has 26 heavy (non-hydrogen) atoms. The first-order valence-electron chi connectivity index (χ1n) is 7.90. The van der Waals surface area contributed by atoms with E-state index < -0.39 is 12.0 Å². The topological polar surface area (TPSA) is 94.9 Å². The molecular weight excluding hydrogens is 462 g/mol. The number of hydrogen-bond acceptors (Lipinski definition) is 2. The van der Waals surface area contributed by atoms with Crippen LogP contribution in [0, 0.1) is 0 Å². The Balaban J connectivity index is 0.000000167. The Labute approximate surface area is 166 Å². The minimum atomic E-state index is -0.982. The quantitative estimate of drug-likeness (QED) is 0.340. The van der Waals surface area contributed by atoms with E-state index >= 15 is 0 Å². The number of halogens is 2. The highest BCUT2D eigenvalue weighted by Gasteiger charge is 2.14. The molecule has 2 aromatic heterocycles. The molecule has 5 N–H and O–H groups in total. The third kappa shape index (κ3) is 4.35. The number of carboxylic acid groups (broad SMARTS) is 1. The molecule has 4 aromatic rings. The van der Waals surface area contributed by atoms with Crippen molar-refractivity contribution >= 4 is 59.6 Å². The first kappa shape index (κ1) is 18.7. The number of H-pyrrole nitrogens is 2. The van der Waals surface area contributed by atoms with Crippen LogP contribution in [0.15, 0.2) is 63.8 Å². The number of aromatic amines is 2. The average molecular weight is 479 g/mol. The van der Waals surface area contributed by atoms with E-state index in [1.165, 1.54) is 10.9 Å². The summed E-state index contributed by atoms with van der Waals surface area (Å²) in [6, 6.07) is 13.2. The number of fused-ring (bicyclic) bond motifs is 2. The smallest absolute Gasteiger partial charge is 0.320 e. The minimum absolute atomic E-state index is 0.325. The second-order valence-corrected chi connectivity index (χ2v) is 7.69. The van der Waals surface area contributed by atoms with Gasteiger partial charge in [0.2, 0.25) is 0 Å². The Morgan fingerprint density at radius 2 is 1.73 bits per heavy atom. The van der Waals surface area contributed by atoms with Gasteiger partial charge in [-0.2, -0.15) is 0 Å². The molecule has 5 nitrogen and oxygen atoms in total. The van der Waals surface area contributed by atoms with Crippen molar-refractivity contribution in [3.63, 3.8) is 0 Å². The molecule has 2 aromatic carbocycles. The van der Waals surface area contributed by atoms with Gasteiger partial charge >= 0.3 is 5.97 Å². The maximum Gasteiger partial charge on any atom is 0.320 e. The summed E-state index contributed by atoms with van der Waals surface area (Å²) >= 11 is 6.79.